The molecule has 1 N–H and O–H groups in total. The molecule has 0 aliphatic rings. The molecule has 0 bridgehead atoms. The summed E-state index contributed by atoms with van der Waals surface area (Å²) in [4.78, 5) is 21.6. The predicted molar refractivity (Wildman–Crippen MR) is 133 cm³/mol. The number of esters is 1. The third-order valence-corrected chi connectivity index (χ3v) is 5.99. The van der Waals surface area contributed by atoms with Crippen LogP contribution in [0, 0.1) is 0 Å². The molecule has 4 rings (SSSR count). The van der Waals surface area contributed by atoms with E-state index in [-0.39, 0.29) is 5.97 Å². The summed E-state index contributed by atoms with van der Waals surface area (Å²) in [6.45, 7) is 6.24. The van der Waals surface area contributed by atoms with Crippen molar-refractivity contribution < 1.29 is 14.3 Å². The van der Waals surface area contributed by atoms with Gasteiger partial charge in [0.25, 0.3) is 0 Å². The third-order valence-electron chi connectivity index (χ3n) is 4.68. The van der Waals surface area contributed by atoms with Gasteiger partial charge in [0.2, 0.25) is 0 Å². The van der Waals surface area contributed by atoms with Crippen LogP contribution in [0.15, 0.2) is 60.2 Å². The highest BCUT2D eigenvalue weighted by Gasteiger charge is 2.17. The number of anilines is 1. The molecule has 2 aromatic carbocycles. The highest BCUT2D eigenvalue weighted by atomic mass is 35.5. The summed E-state index contributed by atoms with van der Waals surface area (Å²) >= 11 is 7.76. The van der Waals surface area contributed by atoms with E-state index in [0.717, 1.165) is 33.8 Å². The lowest BCUT2D eigenvalue weighted by atomic mass is 10.1. The van der Waals surface area contributed by atoms with Gasteiger partial charge in [-0.2, -0.15) is 0 Å². The fourth-order valence-electron chi connectivity index (χ4n) is 3.16. The lowest BCUT2D eigenvalue weighted by Crippen LogP contribution is -2.23. The van der Waals surface area contributed by atoms with Crippen LogP contribution >= 0.6 is 22.9 Å². The van der Waals surface area contributed by atoms with Crippen molar-refractivity contribution in [2.45, 2.75) is 32.8 Å². The number of nitrogens with zero attached hydrogens (tertiary/aromatic N) is 2. The van der Waals surface area contributed by atoms with Crippen LogP contribution in [-0.4, -0.2) is 28.1 Å². The maximum absolute atomic E-state index is 12.1. The molecular weight excluding hydrogens is 458 g/mol. The predicted octanol–water partition coefficient (Wildman–Crippen LogP) is 6.75. The number of carbonyl (C=O) groups is 1. The van der Waals surface area contributed by atoms with Gasteiger partial charge in [0.15, 0.2) is 0 Å². The van der Waals surface area contributed by atoms with Crippen LogP contribution in [0.2, 0.25) is 5.02 Å². The number of fused-ring (bicyclic) bond motifs is 1. The van der Waals surface area contributed by atoms with Crippen LogP contribution < -0.4 is 10.1 Å². The van der Waals surface area contributed by atoms with E-state index in [4.69, 9.17) is 21.1 Å². The molecular formula is C25H24ClN3O3S. The Morgan fingerprint density at radius 2 is 1.70 bits per heavy atom. The maximum atomic E-state index is 12.1. The van der Waals surface area contributed by atoms with E-state index in [9.17, 15) is 4.79 Å². The highest BCUT2D eigenvalue weighted by molar-refractivity contribution is 7.17. The average molecular weight is 482 g/mol. The third kappa shape index (κ3) is 6.00. The molecule has 0 radical (unpaired) electrons. The van der Waals surface area contributed by atoms with E-state index in [1.807, 2.05) is 50.4 Å². The molecule has 2 aromatic heterocycles. The van der Waals surface area contributed by atoms with Gasteiger partial charge in [-0.25, -0.2) is 14.8 Å². The van der Waals surface area contributed by atoms with Gasteiger partial charge in [0.05, 0.1) is 16.0 Å². The SMILES string of the molecule is CC(C)(C)OC(=O)c1ccc(Oc2ccc(CCNc3ncnc4scc(Cl)c34)cc2)cc1. The number of benzene rings is 2. The number of nitrogens with one attached hydrogen (secondary N) is 1. The van der Waals surface area contributed by atoms with Crippen LogP contribution in [-0.2, 0) is 11.2 Å². The lowest BCUT2D eigenvalue weighted by molar-refractivity contribution is 0.00695. The number of hydrogen-bond acceptors (Lipinski definition) is 7. The van der Waals surface area contributed by atoms with Crippen molar-refractivity contribution >= 4 is 44.9 Å². The Morgan fingerprint density at radius 1 is 1.03 bits per heavy atom. The van der Waals surface area contributed by atoms with Crippen LogP contribution in [0.5, 0.6) is 11.5 Å². The van der Waals surface area contributed by atoms with Gasteiger partial charge >= 0.3 is 5.97 Å². The van der Waals surface area contributed by atoms with Crippen molar-refractivity contribution in [1.82, 2.24) is 9.97 Å². The molecule has 0 amide bonds. The minimum absolute atomic E-state index is 0.351. The zero-order valence-corrected chi connectivity index (χ0v) is 20.2. The first kappa shape index (κ1) is 23.0. The molecule has 6 nitrogen and oxygen atoms in total. The Balaban J connectivity index is 1.31. The average Bonchev–Trinajstić information content (AvgIpc) is 3.16. The molecule has 33 heavy (non-hydrogen) atoms. The minimum atomic E-state index is -0.526. The molecule has 4 aromatic rings. The van der Waals surface area contributed by atoms with Crippen molar-refractivity contribution in [1.29, 1.82) is 0 Å². The first-order valence-corrected chi connectivity index (χ1v) is 11.8. The smallest absolute Gasteiger partial charge is 0.338 e. The summed E-state index contributed by atoms with van der Waals surface area (Å²) in [6.07, 6.45) is 2.36. The monoisotopic (exact) mass is 481 g/mol. The first-order chi connectivity index (χ1) is 15.8. The van der Waals surface area contributed by atoms with Crippen molar-refractivity contribution in [2.75, 3.05) is 11.9 Å². The number of halogens is 1. The van der Waals surface area contributed by atoms with Gasteiger partial charge in [-0.3, -0.25) is 0 Å². The van der Waals surface area contributed by atoms with Crippen LogP contribution in [0.1, 0.15) is 36.7 Å². The van der Waals surface area contributed by atoms with Crippen LogP contribution in [0.4, 0.5) is 5.82 Å². The van der Waals surface area contributed by atoms with E-state index in [0.29, 0.717) is 22.9 Å². The summed E-state index contributed by atoms with van der Waals surface area (Å²) in [7, 11) is 0. The Labute approximate surface area is 201 Å². The minimum Gasteiger partial charge on any atom is -0.457 e. The zero-order chi connectivity index (χ0) is 23.4. The van der Waals surface area contributed by atoms with Gasteiger partial charge in [-0.15, -0.1) is 11.3 Å². The molecule has 0 saturated heterocycles. The second-order valence-corrected chi connectivity index (χ2v) is 9.70. The lowest BCUT2D eigenvalue weighted by Gasteiger charge is -2.19. The molecule has 0 atom stereocenters. The molecule has 170 valence electrons. The summed E-state index contributed by atoms with van der Waals surface area (Å²) in [5.41, 5.74) is 1.13. The van der Waals surface area contributed by atoms with E-state index >= 15 is 0 Å². The Morgan fingerprint density at radius 3 is 2.36 bits per heavy atom. The van der Waals surface area contributed by atoms with Crippen molar-refractivity contribution in [3.05, 3.63) is 76.4 Å². The fraction of sp³-hybridized carbons (Fsp3) is 0.240. The summed E-state index contributed by atoms with van der Waals surface area (Å²) in [6, 6.07) is 14.8. The van der Waals surface area contributed by atoms with Crippen LogP contribution in [0.3, 0.4) is 0 Å². The zero-order valence-electron chi connectivity index (χ0n) is 18.6. The Bertz CT molecular complexity index is 1250. The fourth-order valence-corrected chi connectivity index (χ4v) is 4.29. The van der Waals surface area contributed by atoms with Crippen molar-refractivity contribution in [3.63, 3.8) is 0 Å². The topological polar surface area (TPSA) is 73.3 Å². The maximum Gasteiger partial charge on any atom is 0.338 e. The van der Waals surface area contributed by atoms with E-state index in [1.165, 1.54) is 11.3 Å². The quantitative estimate of drug-likeness (QED) is 0.294. The highest BCUT2D eigenvalue weighted by Crippen LogP contribution is 2.32. The van der Waals surface area contributed by atoms with Crippen molar-refractivity contribution in [2.24, 2.45) is 0 Å². The number of thiophene rings is 1. The Kier molecular flexibility index (Phi) is 6.81. The van der Waals surface area contributed by atoms with Gasteiger partial charge in [-0.1, -0.05) is 23.7 Å². The largest absolute Gasteiger partial charge is 0.457 e. The summed E-state index contributed by atoms with van der Waals surface area (Å²) < 4.78 is 11.3. The van der Waals surface area contributed by atoms with Gasteiger partial charge < -0.3 is 14.8 Å². The van der Waals surface area contributed by atoms with Crippen molar-refractivity contribution in [3.8, 4) is 11.5 Å². The number of hydrogen-bond donors (Lipinski definition) is 1. The molecule has 0 aliphatic heterocycles. The van der Waals surface area contributed by atoms with E-state index < -0.39 is 5.60 Å². The van der Waals surface area contributed by atoms with Gasteiger partial charge in [0.1, 0.15) is 34.1 Å². The normalized spacial score (nSPS) is 11.4. The Hall–Kier alpha value is -3.16. The summed E-state index contributed by atoms with van der Waals surface area (Å²) in [5.74, 6) is 1.77. The van der Waals surface area contributed by atoms with Gasteiger partial charge in [-0.05, 0) is 69.2 Å². The summed E-state index contributed by atoms with van der Waals surface area (Å²) in [5, 5.41) is 6.75. The molecule has 0 fully saturated rings. The molecule has 8 heteroatoms. The van der Waals surface area contributed by atoms with Gasteiger partial charge in [0, 0.05) is 11.9 Å². The number of rotatable bonds is 7. The first-order valence-electron chi connectivity index (χ1n) is 10.5. The molecule has 0 aliphatic carbocycles. The number of aromatic nitrogens is 2. The van der Waals surface area contributed by atoms with E-state index in [2.05, 4.69) is 15.3 Å². The number of ether oxygens (including phenoxy) is 2. The molecule has 0 spiro atoms. The van der Waals surface area contributed by atoms with Crippen LogP contribution in [0.25, 0.3) is 10.2 Å². The second kappa shape index (κ2) is 9.77. The number of carbonyl (C=O) groups excluding carboxylic acids is 1. The second-order valence-electron chi connectivity index (χ2n) is 8.44. The molecule has 2 heterocycles. The standard InChI is InChI=1S/C25H24ClN3O3S/c1-25(2,3)32-24(30)17-6-10-19(11-7-17)31-18-8-4-16(5-9-18)12-13-27-22-21-20(26)14-33-23(21)29-15-28-22/h4-11,14-15H,12-13H2,1-3H3,(H,27,28,29). The van der Waals surface area contributed by atoms with E-state index in [1.54, 1.807) is 30.6 Å². The molecule has 0 unspecified atom stereocenters. The molecule has 0 saturated carbocycles.